The van der Waals surface area contributed by atoms with Crippen LogP contribution in [0.5, 0.6) is 6.01 Å². The van der Waals surface area contributed by atoms with Crippen molar-refractivity contribution in [3.05, 3.63) is 42.2 Å². The van der Waals surface area contributed by atoms with E-state index in [2.05, 4.69) is 15.0 Å². The Bertz CT molecular complexity index is 863. The van der Waals surface area contributed by atoms with Gasteiger partial charge in [-0.2, -0.15) is 4.98 Å². The van der Waals surface area contributed by atoms with Crippen molar-refractivity contribution in [3.8, 4) is 6.01 Å². The van der Waals surface area contributed by atoms with E-state index in [1.54, 1.807) is 6.92 Å². The first kappa shape index (κ1) is 15.7. The second-order valence-corrected chi connectivity index (χ2v) is 5.17. The van der Waals surface area contributed by atoms with Gasteiger partial charge in [0.05, 0.1) is 6.61 Å². The van der Waals surface area contributed by atoms with Gasteiger partial charge in [-0.3, -0.25) is 4.57 Å². The van der Waals surface area contributed by atoms with Crippen molar-refractivity contribution >= 4 is 23.0 Å². The molecule has 0 bridgehead atoms. The summed E-state index contributed by atoms with van der Waals surface area (Å²) in [5, 5.41) is 10.2. The van der Waals surface area contributed by atoms with Crippen molar-refractivity contribution in [1.29, 1.82) is 0 Å². The molecule has 1 unspecified atom stereocenters. The van der Waals surface area contributed by atoms with E-state index in [1.165, 1.54) is 10.9 Å². The molecule has 3 N–H and O–H groups in total. The predicted molar refractivity (Wildman–Crippen MR) is 87.2 cm³/mol. The third kappa shape index (κ3) is 2.85. The number of fused-ring (bicyclic) bond motifs is 1. The summed E-state index contributed by atoms with van der Waals surface area (Å²) in [6, 6.07) is 8.27. The smallest absolute Gasteiger partial charge is 0.329 e. The zero-order chi connectivity index (χ0) is 17.1. The van der Waals surface area contributed by atoms with Crippen LogP contribution in [0, 0.1) is 0 Å². The number of benzene rings is 1. The highest BCUT2D eigenvalue weighted by molar-refractivity contribution is 5.85. The standard InChI is InChI=1S/C16H17N5O3/c1-2-24-15(22)11(8-10-6-4-3-5-7-10)21-14-12(20-16(21)23)13(17)18-9-19-14/h3-7,9,11H,2,8H2,1H3,(H,20,23)(H2,17,18,19). The maximum absolute atomic E-state index is 12.5. The number of ether oxygens (including phenoxy) is 1. The normalized spacial score (nSPS) is 12.2. The monoisotopic (exact) mass is 327 g/mol. The molecule has 0 aliphatic heterocycles. The van der Waals surface area contributed by atoms with Crippen LogP contribution in [0.25, 0.3) is 11.2 Å². The van der Waals surface area contributed by atoms with Crippen molar-refractivity contribution in [3.63, 3.8) is 0 Å². The third-order valence-corrected chi connectivity index (χ3v) is 3.63. The molecule has 0 aliphatic rings. The highest BCUT2D eigenvalue weighted by Crippen LogP contribution is 2.28. The number of imidazole rings is 1. The quantitative estimate of drug-likeness (QED) is 0.681. The maximum Gasteiger partial charge on any atom is 0.329 e. The van der Waals surface area contributed by atoms with E-state index in [-0.39, 0.29) is 29.6 Å². The average molecular weight is 327 g/mol. The van der Waals surface area contributed by atoms with Gasteiger partial charge in [-0.15, -0.1) is 0 Å². The fraction of sp³-hybridized carbons (Fsp3) is 0.250. The lowest BCUT2D eigenvalue weighted by Gasteiger charge is -2.18. The summed E-state index contributed by atoms with van der Waals surface area (Å²) in [6.07, 6.45) is 1.59. The number of esters is 1. The zero-order valence-corrected chi connectivity index (χ0v) is 13.1. The molecule has 3 aromatic rings. The van der Waals surface area contributed by atoms with Crippen LogP contribution >= 0.6 is 0 Å². The molecular formula is C16H17N5O3. The van der Waals surface area contributed by atoms with Gasteiger partial charge in [0.1, 0.15) is 12.4 Å². The van der Waals surface area contributed by atoms with Crippen LogP contribution in [0.4, 0.5) is 5.82 Å². The SMILES string of the molecule is CCOC(=O)C(Cc1ccccc1)n1c(O)nc2c(N)ncnc21. The van der Waals surface area contributed by atoms with Crippen molar-refractivity contribution in [1.82, 2.24) is 19.5 Å². The van der Waals surface area contributed by atoms with Gasteiger partial charge in [0.25, 0.3) is 6.01 Å². The summed E-state index contributed by atoms with van der Waals surface area (Å²) in [4.78, 5) is 24.4. The lowest BCUT2D eigenvalue weighted by molar-refractivity contribution is -0.147. The lowest BCUT2D eigenvalue weighted by Crippen LogP contribution is -2.24. The molecule has 0 fully saturated rings. The highest BCUT2D eigenvalue weighted by Gasteiger charge is 2.28. The fourth-order valence-electron chi connectivity index (χ4n) is 2.56. The van der Waals surface area contributed by atoms with E-state index in [1.807, 2.05) is 30.3 Å². The molecule has 24 heavy (non-hydrogen) atoms. The molecule has 8 nitrogen and oxygen atoms in total. The Morgan fingerprint density at radius 1 is 1.33 bits per heavy atom. The molecule has 3 rings (SSSR count). The molecule has 0 spiro atoms. The van der Waals surface area contributed by atoms with E-state index in [4.69, 9.17) is 10.5 Å². The molecule has 0 aliphatic carbocycles. The van der Waals surface area contributed by atoms with Crippen molar-refractivity contribution in [2.75, 3.05) is 12.3 Å². The molecule has 2 heterocycles. The minimum Gasteiger partial charge on any atom is -0.480 e. The predicted octanol–water partition coefficient (Wildman–Crippen LogP) is 1.46. The number of nitrogens with two attached hydrogens (primary N) is 1. The Balaban J connectivity index is 2.10. The summed E-state index contributed by atoms with van der Waals surface area (Å²) in [6.45, 7) is 1.96. The zero-order valence-electron chi connectivity index (χ0n) is 13.1. The maximum atomic E-state index is 12.5. The minimum atomic E-state index is -0.813. The minimum absolute atomic E-state index is 0.136. The van der Waals surface area contributed by atoms with Gasteiger partial charge in [-0.05, 0) is 12.5 Å². The Hall–Kier alpha value is -3.16. The summed E-state index contributed by atoms with van der Waals surface area (Å²) < 4.78 is 6.49. The van der Waals surface area contributed by atoms with Crippen LogP contribution in [-0.2, 0) is 16.0 Å². The van der Waals surface area contributed by atoms with Crippen molar-refractivity contribution in [2.45, 2.75) is 19.4 Å². The molecule has 1 aromatic carbocycles. The lowest BCUT2D eigenvalue weighted by atomic mass is 10.1. The average Bonchev–Trinajstić information content (AvgIpc) is 2.91. The van der Waals surface area contributed by atoms with Gasteiger partial charge in [-0.1, -0.05) is 30.3 Å². The van der Waals surface area contributed by atoms with Gasteiger partial charge in [0.15, 0.2) is 17.0 Å². The van der Waals surface area contributed by atoms with Crippen LogP contribution in [0.15, 0.2) is 36.7 Å². The Morgan fingerprint density at radius 3 is 2.79 bits per heavy atom. The first-order valence-electron chi connectivity index (χ1n) is 7.49. The number of carbonyl (C=O) groups excluding carboxylic acids is 1. The summed E-state index contributed by atoms with van der Waals surface area (Å²) >= 11 is 0. The van der Waals surface area contributed by atoms with Gasteiger partial charge in [0.2, 0.25) is 0 Å². The summed E-state index contributed by atoms with van der Waals surface area (Å²) in [7, 11) is 0. The number of nitrogens with zero attached hydrogens (tertiary/aromatic N) is 4. The highest BCUT2D eigenvalue weighted by atomic mass is 16.5. The van der Waals surface area contributed by atoms with Gasteiger partial charge >= 0.3 is 5.97 Å². The fourth-order valence-corrected chi connectivity index (χ4v) is 2.56. The number of hydrogen-bond acceptors (Lipinski definition) is 7. The molecule has 0 amide bonds. The van der Waals surface area contributed by atoms with Crippen molar-refractivity contribution in [2.24, 2.45) is 0 Å². The number of carbonyl (C=O) groups is 1. The molecular weight excluding hydrogens is 310 g/mol. The first-order chi connectivity index (χ1) is 11.6. The van der Waals surface area contributed by atoms with Crippen LogP contribution in [0.3, 0.4) is 0 Å². The molecule has 1 atom stereocenters. The van der Waals surface area contributed by atoms with E-state index in [0.717, 1.165) is 5.56 Å². The van der Waals surface area contributed by atoms with Crippen LogP contribution in [-0.4, -0.2) is 37.2 Å². The number of aromatic nitrogens is 4. The summed E-state index contributed by atoms with van der Waals surface area (Å²) in [5.74, 6) is -0.343. The van der Waals surface area contributed by atoms with Crippen LogP contribution < -0.4 is 5.73 Å². The largest absolute Gasteiger partial charge is 0.480 e. The number of anilines is 1. The Morgan fingerprint density at radius 2 is 2.08 bits per heavy atom. The second kappa shape index (κ2) is 6.53. The van der Waals surface area contributed by atoms with Gasteiger partial charge in [0, 0.05) is 6.42 Å². The van der Waals surface area contributed by atoms with Gasteiger partial charge in [-0.25, -0.2) is 14.8 Å². The Labute approximate surface area is 137 Å². The molecule has 0 saturated heterocycles. The number of nitrogen functional groups attached to an aromatic ring is 1. The molecule has 8 heteroatoms. The molecule has 0 saturated carbocycles. The number of aromatic hydroxyl groups is 1. The Kier molecular flexibility index (Phi) is 4.28. The van der Waals surface area contributed by atoms with E-state index < -0.39 is 12.0 Å². The second-order valence-electron chi connectivity index (χ2n) is 5.17. The van der Waals surface area contributed by atoms with E-state index in [0.29, 0.717) is 6.42 Å². The molecule has 124 valence electrons. The first-order valence-corrected chi connectivity index (χ1v) is 7.49. The van der Waals surface area contributed by atoms with Crippen LogP contribution in [0.1, 0.15) is 18.5 Å². The van der Waals surface area contributed by atoms with Crippen molar-refractivity contribution < 1.29 is 14.6 Å². The molecule has 0 radical (unpaired) electrons. The summed E-state index contributed by atoms with van der Waals surface area (Å²) in [5.41, 5.74) is 7.22. The van der Waals surface area contributed by atoms with Crippen LogP contribution in [0.2, 0.25) is 0 Å². The topological polar surface area (TPSA) is 116 Å². The van der Waals surface area contributed by atoms with E-state index in [9.17, 15) is 9.90 Å². The third-order valence-electron chi connectivity index (χ3n) is 3.63. The number of rotatable bonds is 5. The van der Waals surface area contributed by atoms with Gasteiger partial charge < -0.3 is 15.6 Å². The molecule has 2 aromatic heterocycles. The number of hydrogen-bond donors (Lipinski definition) is 2. The van der Waals surface area contributed by atoms with E-state index >= 15 is 0 Å².